The highest BCUT2D eigenvalue weighted by atomic mass is 16.2. The summed E-state index contributed by atoms with van der Waals surface area (Å²) in [6.07, 6.45) is 4.10. The molecule has 2 N–H and O–H groups in total. The van der Waals surface area contributed by atoms with Gasteiger partial charge in [-0.3, -0.25) is 24.2 Å². The number of hydrogen-bond acceptors (Lipinski definition) is 4. The molecule has 2 aromatic rings. The molecule has 0 fully saturated rings. The molecule has 2 aliphatic rings. The molecule has 1 heterocycles. The number of imide groups is 1. The normalized spacial score (nSPS) is 15.6. The molecule has 162 valence electrons. The summed E-state index contributed by atoms with van der Waals surface area (Å²) in [4.78, 5) is 41.1. The molecule has 6 nitrogen and oxygen atoms in total. The van der Waals surface area contributed by atoms with Crippen molar-refractivity contribution in [2.24, 2.45) is 5.73 Å². The molecule has 31 heavy (non-hydrogen) atoms. The summed E-state index contributed by atoms with van der Waals surface area (Å²) in [6, 6.07) is 11.0. The van der Waals surface area contributed by atoms with E-state index in [9.17, 15) is 14.4 Å². The van der Waals surface area contributed by atoms with Gasteiger partial charge in [-0.2, -0.15) is 0 Å². The van der Waals surface area contributed by atoms with Crippen LogP contribution < -0.4 is 5.73 Å². The van der Waals surface area contributed by atoms with E-state index < -0.39 is 5.91 Å². The second kappa shape index (κ2) is 8.63. The number of primary amides is 1. The Hall–Kier alpha value is -2.99. The molecular weight excluding hydrogens is 390 g/mol. The number of amides is 3. The molecule has 0 bridgehead atoms. The van der Waals surface area contributed by atoms with Crippen LogP contribution in [-0.2, 0) is 19.4 Å². The average molecular weight is 420 g/mol. The maximum Gasteiger partial charge on any atom is 0.261 e. The minimum atomic E-state index is -0.503. The molecule has 6 heteroatoms. The molecule has 3 amide bonds. The van der Waals surface area contributed by atoms with Crippen molar-refractivity contribution >= 4 is 17.7 Å². The van der Waals surface area contributed by atoms with Crippen LogP contribution in [0.25, 0.3) is 0 Å². The number of nitrogens with zero attached hydrogens (tertiary/aromatic N) is 2. The standard InChI is InChI=1S/C25H29N3O3/c1-3-9-27(10-4-2)20-11-18-13-21-22(14-19(18)12-20)25(31)28(24(21)30)15-16-5-7-17(8-6-16)23(26)29/h5-8,13-14,20H,3-4,9-12,15H2,1-2H3,(H2,26,29). The zero-order valence-corrected chi connectivity index (χ0v) is 18.2. The maximum atomic E-state index is 13.0. The minimum absolute atomic E-state index is 0.180. The minimum Gasteiger partial charge on any atom is -0.366 e. The highest BCUT2D eigenvalue weighted by Gasteiger charge is 2.38. The Morgan fingerprint density at radius 1 is 0.968 bits per heavy atom. The molecule has 2 aromatic carbocycles. The molecule has 0 spiro atoms. The first-order chi connectivity index (χ1) is 14.9. The molecule has 0 unspecified atom stereocenters. The molecule has 1 aliphatic heterocycles. The van der Waals surface area contributed by atoms with Crippen molar-refractivity contribution in [1.82, 2.24) is 9.80 Å². The summed E-state index contributed by atoms with van der Waals surface area (Å²) >= 11 is 0. The van der Waals surface area contributed by atoms with Crippen molar-refractivity contribution < 1.29 is 14.4 Å². The Morgan fingerprint density at radius 3 is 1.94 bits per heavy atom. The van der Waals surface area contributed by atoms with Crippen LogP contribution in [-0.4, -0.2) is 46.7 Å². The summed E-state index contributed by atoms with van der Waals surface area (Å²) in [5.74, 6) is -0.995. The molecule has 0 saturated carbocycles. The van der Waals surface area contributed by atoms with Crippen molar-refractivity contribution in [1.29, 1.82) is 0 Å². The van der Waals surface area contributed by atoms with E-state index in [4.69, 9.17) is 5.73 Å². The van der Waals surface area contributed by atoms with Crippen LogP contribution in [0.4, 0.5) is 0 Å². The lowest BCUT2D eigenvalue weighted by Gasteiger charge is -2.27. The monoisotopic (exact) mass is 419 g/mol. The topological polar surface area (TPSA) is 83.7 Å². The summed E-state index contributed by atoms with van der Waals surface area (Å²) in [5, 5.41) is 0. The lowest BCUT2D eigenvalue weighted by Crippen LogP contribution is -2.37. The fraction of sp³-hybridized carbons (Fsp3) is 0.400. The highest BCUT2D eigenvalue weighted by Crippen LogP contribution is 2.33. The number of carbonyl (C=O) groups excluding carboxylic acids is 3. The summed E-state index contributed by atoms with van der Waals surface area (Å²) < 4.78 is 0. The Balaban J connectivity index is 1.53. The molecule has 0 atom stereocenters. The first-order valence-corrected chi connectivity index (χ1v) is 11.1. The predicted molar refractivity (Wildman–Crippen MR) is 119 cm³/mol. The van der Waals surface area contributed by atoms with E-state index in [1.54, 1.807) is 24.3 Å². The third-order valence-corrected chi connectivity index (χ3v) is 6.32. The van der Waals surface area contributed by atoms with Gasteiger partial charge in [0.2, 0.25) is 5.91 Å². The first kappa shape index (κ1) is 21.2. The van der Waals surface area contributed by atoms with Crippen LogP contribution in [0.15, 0.2) is 36.4 Å². The lowest BCUT2D eigenvalue weighted by atomic mass is 10.0. The van der Waals surface area contributed by atoms with Gasteiger partial charge in [-0.1, -0.05) is 26.0 Å². The fourth-order valence-electron chi connectivity index (χ4n) is 4.80. The van der Waals surface area contributed by atoms with E-state index in [-0.39, 0.29) is 18.4 Å². The molecular formula is C25H29N3O3. The highest BCUT2D eigenvalue weighted by molar-refractivity contribution is 6.21. The Labute approximate surface area is 183 Å². The van der Waals surface area contributed by atoms with Crippen molar-refractivity contribution in [2.75, 3.05) is 13.1 Å². The van der Waals surface area contributed by atoms with Gasteiger partial charge in [-0.15, -0.1) is 0 Å². The Kier molecular flexibility index (Phi) is 5.92. The average Bonchev–Trinajstić information content (AvgIpc) is 3.27. The van der Waals surface area contributed by atoms with E-state index in [0.717, 1.165) is 44.3 Å². The van der Waals surface area contributed by atoms with Crippen LogP contribution in [0.3, 0.4) is 0 Å². The molecule has 0 radical (unpaired) electrons. The zero-order valence-electron chi connectivity index (χ0n) is 18.2. The number of carbonyl (C=O) groups is 3. The van der Waals surface area contributed by atoms with Gasteiger partial charge < -0.3 is 5.73 Å². The predicted octanol–water partition coefficient (Wildman–Crippen LogP) is 3.17. The fourth-order valence-corrected chi connectivity index (χ4v) is 4.80. The van der Waals surface area contributed by atoms with Gasteiger partial charge in [-0.25, -0.2) is 0 Å². The third kappa shape index (κ3) is 4.00. The van der Waals surface area contributed by atoms with Crippen molar-refractivity contribution in [3.05, 3.63) is 69.8 Å². The largest absolute Gasteiger partial charge is 0.366 e. The molecule has 4 rings (SSSR count). The summed E-state index contributed by atoms with van der Waals surface area (Å²) in [5.41, 5.74) is 9.86. The van der Waals surface area contributed by atoms with Gasteiger partial charge in [0.15, 0.2) is 0 Å². The van der Waals surface area contributed by atoms with Crippen molar-refractivity contribution in [3.63, 3.8) is 0 Å². The number of fused-ring (bicyclic) bond motifs is 2. The van der Waals surface area contributed by atoms with Gasteiger partial charge in [0, 0.05) is 11.6 Å². The maximum absolute atomic E-state index is 13.0. The second-order valence-corrected chi connectivity index (χ2v) is 8.52. The second-order valence-electron chi connectivity index (χ2n) is 8.52. The van der Waals surface area contributed by atoms with E-state index in [1.807, 2.05) is 12.1 Å². The quantitative estimate of drug-likeness (QED) is 0.666. The number of rotatable bonds is 8. The van der Waals surface area contributed by atoms with Crippen molar-refractivity contribution in [2.45, 2.75) is 52.1 Å². The van der Waals surface area contributed by atoms with E-state index in [0.29, 0.717) is 22.7 Å². The Bertz CT molecular complexity index is 978. The van der Waals surface area contributed by atoms with Gasteiger partial charge in [0.25, 0.3) is 11.8 Å². The zero-order chi connectivity index (χ0) is 22.1. The van der Waals surface area contributed by atoms with Gasteiger partial charge in [-0.05, 0) is 79.7 Å². The molecule has 0 aromatic heterocycles. The van der Waals surface area contributed by atoms with Crippen LogP contribution >= 0.6 is 0 Å². The van der Waals surface area contributed by atoms with Crippen LogP contribution in [0, 0.1) is 0 Å². The third-order valence-electron chi connectivity index (χ3n) is 6.32. The first-order valence-electron chi connectivity index (χ1n) is 11.1. The van der Waals surface area contributed by atoms with Crippen LogP contribution in [0.2, 0.25) is 0 Å². The summed E-state index contributed by atoms with van der Waals surface area (Å²) in [7, 11) is 0. The summed E-state index contributed by atoms with van der Waals surface area (Å²) in [6.45, 7) is 6.73. The van der Waals surface area contributed by atoms with E-state index >= 15 is 0 Å². The number of hydrogen-bond donors (Lipinski definition) is 1. The lowest BCUT2D eigenvalue weighted by molar-refractivity contribution is 0.0641. The number of nitrogens with two attached hydrogens (primary N) is 1. The van der Waals surface area contributed by atoms with Gasteiger partial charge >= 0.3 is 0 Å². The van der Waals surface area contributed by atoms with Crippen molar-refractivity contribution in [3.8, 4) is 0 Å². The smallest absolute Gasteiger partial charge is 0.261 e. The van der Waals surface area contributed by atoms with Gasteiger partial charge in [0.1, 0.15) is 0 Å². The van der Waals surface area contributed by atoms with Gasteiger partial charge in [0.05, 0.1) is 17.7 Å². The molecule has 1 aliphatic carbocycles. The van der Waals surface area contributed by atoms with E-state index in [1.165, 1.54) is 16.0 Å². The van der Waals surface area contributed by atoms with Crippen LogP contribution in [0.5, 0.6) is 0 Å². The Morgan fingerprint density at radius 2 is 1.48 bits per heavy atom. The van der Waals surface area contributed by atoms with E-state index in [2.05, 4.69) is 18.7 Å². The SMILES string of the molecule is CCCN(CCC)C1Cc2cc3c(cc2C1)C(=O)N(Cc1ccc(C(N)=O)cc1)C3=O. The van der Waals surface area contributed by atoms with Crippen LogP contribution in [0.1, 0.15) is 74.5 Å². The molecule has 0 saturated heterocycles. The number of benzene rings is 2.